The monoisotopic (exact) mass is 869 g/mol. The van der Waals surface area contributed by atoms with Gasteiger partial charge in [-0.3, -0.25) is 9.59 Å². The van der Waals surface area contributed by atoms with Gasteiger partial charge in [0, 0.05) is 70.1 Å². The summed E-state index contributed by atoms with van der Waals surface area (Å²) in [5.41, 5.74) is -4.63. The SMILES string of the molecule is C#CCCN(C)[C@H]1C[C@@H](C)OC(O[C@@H]2[C@@H](C)[C@H](OC3C[C@@](C)(OC)[C@@H](OC(C)=O)[C@H](C)O3)[C@@H](C)C(=O)O[C@H](CC)[C@@](C)(O)[C@H](O)[C@@H](C)/C(=N/OC(C)=O)[C@H](C)C[C@@]2(C)O)[C@@H]1C. The number of hydrogen-bond acceptors (Lipinski definition) is 16. The summed E-state index contributed by atoms with van der Waals surface area (Å²) in [6.07, 6.45) is -1.45. The number of ether oxygens (including phenoxy) is 7. The summed E-state index contributed by atoms with van der Waals surface area (Å²) in [7, 11) is 3.52. The van der Waals surface area contributed by atoms with Crippen LogP contribution in [0.5, 0.6) is 0 Å². The first-order valence-electron chi connectivity index (χ1n) is 21.8. The maximum absolute atomic E-state index is 14.5. The summed E-state index contributed by atoms with van der Waals surface area (Å²) in [4.78, 5) is 46.0. The van der Waals surface area contributed by atoms with Gasteiger partial charge in [0.05, 0.1) is 47.8 Å². The van der Waals surface area contributed by atoms with Crippen LogP contribution in [0, 0.1) is 41.9 Å². The Balaban J connectivity index is 2.27. The van der Waals surface area contributed by atoms with E-state index in [1.807, 2.05) is 27.8 Å². The van der Waals surface area contributed by atoms with Crippen LogP contribution in [0.25, 0.3) is 0 Å². The van der Waals surface area contributed by atoms with E-state index in [9.17, 15) is 29.7 Å². The molecule has 0 amide bonds. The highest BCUT2D eigenvalue weighted by Gasteiger charge is 2.54. The van der Waals surface area contributed by atoms with E-state index in [4.69, 9.17) is 44.4 Å². The lowest BCUT2D eigenvalue weighted by Crippen LogP contribution is -2.61. The van der Waals surface area contributed by atoms with Gasteiger partial charge in [-0.15, -0.1) is 12.3 Å². The van der Waals surface area contributed by atoms with Crippen LogP contribution < -0.4 is 0 Å². The molecule has 3 saturated heterocycles. The second kappa shape index (κ2) is 21.8. The number of carbonyl (C=O) groups excluding carboxylic acids is 3. The molecule has 2 unspecified atom stereocenters. The number of cyclic esters (lactones) is 1. The maximum Gasteiger partial charge on any atom is 0.331 e. The molecule has 3 aliphatic rings. The van der Waals surface area contributed by atoms with Crippen LogP contribution in [0.1, 0.15) is 122 Å². The topological polar surface area (TPSA) is 201 Å². The minimum absolute atomic E-state index is 0.0123. The quantitative estimate of drug-likeness (QED) is 0.114. The number of aliphatic hydroxyl groups is 3. The lowest BCUT2D eigenvalue weighted by atomic mass is 9.73. The average molecular weight is 869 g/mol. The molecular weight excluding hydrogens is 792 g/mol. The lowest BCUT2D eigenvalue weighted by Gasteiger charge is -2.50. The van der Waals surface area contributed by atoms with Gasteiger partial charge in [-0.2, -0.15) is 0 Å². The summed E-state index contributed by atoms with van der Waals surface area (Å²) in [5.74, 6) is -2.95. The largest absolute Gasteiger partial charge is 0.459 e. The van der Waals surface area contributed by atoms with Gasteiger partial charge in [-0.1, -0.05) is 39.8 Å². The van der Waals surface area contributed by atoms with Gasteiger partial charge < -0.3 is 58.2 Å². The molecule has 3 N–H and O–H groups in total. The highest BCUT2D eigenvalue weighted by molar-refractivity contribution is 5.89. The van der Waals surface area contributed by atoms with Crippen molar-refractivity contribution < 1.29 is 67.7 Å². The van der Waals surface area contributed by atoms with Crippen LogP contribution >= 0.6 is 0 Å². The second-order valence-corrected chi connectivity index (χ2v) is 18.6. The van der Waals surface area contributed by atoms with E-state index in [2.05, 4.69) is 16.0 Å². The lowest BCUT2D eigenvalue weighted by molar-refractivity contribution is -0.314. The van der Waals surface area contributed by atoms with E-state index in [1.165, 1.54) is 27.9 Å². The van der Waals surface area contributed by atoms with Crippen molar-refractivity contribution in [2.24, 2.45) is 34.7 Å². The van der Waals surface area contributed by atoms with Gasteiger partial charge in [-0.25, -0.2) is 4.79 Å². The molecular formula is C45H76N2O14. The number of esters is 2. The molecule has 18 atom stereocenters. The van der Waals surface area contributed by atoms with E-state index < -0.39 is 108 Å². The maximum atomic E-state index is 14.5. The number of nitrogens with zero attached hydrogens (tertiary/aromatic N) is 2. The highest BCUT2D eigenvalue weighted by Crippen LogP contribution is 2.42. The smallest absolute Gasteiger partial charge is 0.331 e. The molecule has 0 aromatic heterocycles. The summed E-state index contributed by atoms with van der Waals surface area (Å²) in [6.45, 7) is 22.2. The predicted octanol–water partition coefficient (Wildman–Crippen LogP) is 4.38. The number of aliphatic hydroxyl groups excluding tert-OH is 1. The number of terminal acetylenes is 1. The van der Waals surface area contributed by atoms with Gasteiger partial charge in [0.25, 0.3) is 0 Å². The number of carbonyl (C=O) groups is 3. The summed E-state index contributed by atoms with van der Waals surface area (Å²) < 4.78 is 44.4. The number of methoxy groups -OCH3 is 1. The van der Waals surface area contributed by atoms with E-state index in [0.29, 0.717) is 19.4 Å². The van der Waals surface area contributed by atoms with Crippen molar-refractivity contribution in [3.8, 4) is 12.3 Å². The zero-order valence-electron chi connectivity index (χ0n) is 39.2. The summed E-state index contributed by atoms with van der Waals surface area (Å²) in [6, 6.07) is 0.0123. The Morgan fingerprint density at radius 1 is 0.951 bits per heavy atom. The highest BCUT2D eigenvalue weighted by atomic mass is 16.7. The third-order valence-corrected chi connectivity index (χ3v) is 13.3. The Hall–Kier alpha value is -2.72. The number of oxime groups is 1. The first kappa shape index (κ1) is 52.6. The third kappa shape index (κ3) is 12.7. The molecule has 0 spiro atoms. The van der Waals surface area contributed by atoms with E-state index in [-0.39, 0.29) is 43.0 Å². The van der Waals surface area contributed by atoms with Crippen LogP contribution in [-0.2, 0) is 52.4 Å². The zero-order chi connectivity index (χ0) is 46.4. The standard InChI is InChI=1S/C45H76N2O14/c1-17-19-20-47(15)33-21-25(4)55-42(26(33)5)60-39-28(7)37(59-35-23-44(13,54-16)40(30(9)56-35)57-31(10)48)29(8)41(51)58-34(18-2)45(14,53)38(50)27(6)36(46-61-32(11)49)24(3)22-43(39,12)52/h1,24-30,33-35,37-40,42,50,52-53H,18-23H2,2-16H3/b46-36+/t24-,25-,26-,27+,28+,29-,30+,33+,34-,35?,37+,38-,39-,40+,42?,43-,44-,45-/m1/s1. The fourth-order valence-corrected chi connectivity index (χ4v) is 9.73. The van der Waals surface area contributed by atoms with Crippen LogP contribution in [0.2, 0.25) is 0 Å². The molecule has 16 nitrogen and oxygen atoms in total. The van der Waals surface area contributed by atoms with Gasteiger partial charge in [0.1, 0.15) is 17.3 Å². The normalized spacial score (nSPS) is 43.8. The molecule has 0 radical (unpaired) electrons. The third-order valence-electron chi connectivity index (χ3n) is 13.3. The summed E-state index contributed by atoms with van der Waals surface area (Å²) in [5, 5.41) is 40.8. The number of rotatable bonds is 11. The van der Waals surface area contributed by atoms with Crippen molar-refractivity contribution in [1.82, 2.24) is 4.90 Å². The van der Waals surface area contributed by atoms with Gasteiger partial charge in [-0.05, 0) is 67.9 Å². The molecule has 3 rings (SSSR count). The van der Waals surface area contributed by atoms with Crippen molar-refractivity contribution >= 4 is 23.6 Å². The van der Waals surface area contributed by atoms with Crippen molar-refractivity contribution in [2.45, 2.75) is 200 Å². The van der Waals surface area contributed by atoms with E-state index >= 15 is 0 Å². The minimum Gasteiger partial charge on any atom is -0.459 e. The fourth-order valence-electron chi connectivity index (χ4n) is 9.73. The molecule has 0 aliphatic carbocycles. The molecule has 0 aromatic rings. The Kier molecular flexibility index (Phi) is 18.8. The van der Waals surface area contributed by atoms with Crippen LogP contribution in [0.4, 0.5) is 0 Å². The average Bonchev–Trinajstić information content (AvgIpc) is 3.17. The molecule has 0 aromatic carbocycles. The molecule has 350 valence electrons. The molecule has 16 heteroatoms. The minimum atomic E-state index is -2.01. The zero-order valence-corrected chi connectivity index (χ0v) is 39.2. The van der Waals surface area contributed by atoms with E-state index in [1.54, 1.807) is 48.5 Å². The van der Waals surface area contributed by atoms with Crippen molar-refractivity contribution in [3.05, 3.63) is 0 Å². The van der Waals surface area contributed by atoms with Crippen molar-refractivity contribution in [1.29, 1.82) is 0 Å². The predicted molar refractivity (Wildman–Crippen MR) is 226 cm³/mol. The molecule has 0 bridgehead atoms. The fraction of sp³-hybridized carbons (Fsp3) is 0.867. The number of hydrogen-bond donors (Lipinski definition) is 3. The second-order valence-electron chi connectivity index (χ2n) is 18.6. The van der Waals surface area contributed by atoms with E-state index in [0.717, 1.165) is 0 Å². The van der Waals surface area contributed by atoms with Crippen molar-refractivity contribution in [3.63, 3.8) is 0 Å². The molecule has 3 aliphatic heterocycles. The Labute approximate surface area is 363 Å². The van der Waals surface area contributed by atoms with Crippen LogP contribution in [-0.4, -0.2) is 143 Å². The van der Waals surface area contributed by atoms with Crippen molar-refractivity contribution in [2.75, 3.05) is 20.7 Å². The van der Waals surface area contributed by atoms with Gasteiger partial charge >= 0.3 is 17.9 Å². The van der Waals surface area contributed by atoms with Crippen LogP contribution in [0.15, 0.2) is 5.16 Å². The Morgan fingerprint density at radius 3 is 2.15 bits per heavy atom. The Bertz CT molecular complexity index is 1550. The Morgan fingerprint density at radius 2 is 1.59 bits per heavy atom. The molecule has 0 saturated carbocycles. The van der Waals surface area contributed by atoms with Gasteiger partial charge in [0.2, 0.25) is 0 Å². The summed E-state index contributed by atoms with van der Waals surface area (Å²) >= 11 is 0. The first-order chi connectivity index (χ1) is 28.3. The molecule has 61 heavy (non-hydrogen) atoms. The molecule has 3 heterocycles. The van der Waals surface area contributed by atoms with Gasteiger partial charge in [0.15, 0.2) is 18.7 Å². The molecule has 3 fully saturated rings. The first-order valence-corrected chi connectivity index (χ1v) is 21.8. The van der Waals surface area contributed by atoms with Crippen LogP contribution in [0.3, 0.4) is 0 Å².